The smallest absolute Gasteiger partial charge is 0.408 e. The molecule has 1 aromatic heterocycles. The van der Waals surface area contributed by atoms with Crippen LogP contribution in [0.1, 0.15) is 31.9 Å². The molecule has 0 aliphatic rings. The number of carbonyl (C=O) groups is 2. The Kier molecular flexibility index (Phi) is 5.92. The van der Waals surface area contributed by atoms with E-state index in [1.165, 1.54) is 14.2 Å². The molecule has 0 aliphatic heterocycles. The van der Waals surface area contributed by atoms with Gasteiger partial charge in [-0.3, -0.25) is 9.63 Å². The summed E-state index contributed by atoms with van der Waals surface area (Å²) in [6.07, 6.45) is 1.53. The molecule has 0 saturated carbocycles. The van der Waals surface area contributed by atoms with Gasteiger partial charge >= 0.3 is 6.09 Å². The van der Waals surface area contributed by atoms with Gasteiger partial charge in [-0.1, -0.05) is 11.6 Å². The number of nitrogens with one attached hydrogen (secondary N) is 2. The maximum Gasteiger partial charge on any atom is 0.408 e. The van der Waals surface area contributed by atoms with Crippen molar-refractivity contribution in [3.05, 3.63) is 35.5 Å². The van der Waals surface area contributed by atoms with Crippen molar-refractivity contribution in [3.8, 4) is 0 Å². The predicted octanol–water partition coefficient (Wildman–Crippen LogP) is 2.93. The Morgan fingerprint density at radius 2 is 2.00 bits per heavy atom. The molecule has 0 fully saturated rings. The normalized spacial score (nSPS) is 12.7. The highest BCUT2D eigenvalue weighted by molar-refractivity contribution is 5.88. The van der Waals surface area contributed by atoms with Crippen molar-refractivity contribution in [2.45, 2.75) is 45.8 Å². The SMILES string of the molecule is CON(C)C(=O)C(Cc1c[nH]c2ccc(C)cc12)NC(=O)OC(C)(C)C. The number of carbonyl (C=O) groups excluding carboxylic acids is 2. The van der Waals surface area contributed by atoms with Crippen LogP contribution in [0.2, 0.25) is 0 Å². The Morgan fingerprint density at radius 1 is 1.31 bits per heavy atom. The standard InChI is InChI=1S/C19H27N3O4/c1-12-7-8-15-14(9-12)13(11-20-15)10-16(17(23)22(5)25-6)21-18(24)26-19(2,3)4/h7-9,11,16,20H,10H2,1-6H3,(H,21,24). The van der Waals surface area contributed by atoms with Crippen molar-refractivity contribution >= 4 is 22.9 Å². The number of benzene rings is 1. The van der Waals surface area contributed by atoms with E-state index in [1.807, 2.05) is 25.3 Å². The van der Waals surface area contributed by atoms with Crippen molar-refractivity contribution in [2.75, 3.05) is 14.2 Å². The number of ether oxygens (including phenoxy) is 1. The van der Waals surface area contributed by atoms with E-state index in [9.17, 15) is 9.59 Å². The van der Waals surface area contributed by atoms with Crippen LogP contribution in [0.5, 0.6) is 0 Å². The molecule has 142 valence electrons. The molecule has 0 bridgehead atoms. The molecule has 7 nitrogen and oxygen atoms in total. The molecule has 0 saturated heterocycles. The lowest BCUT2D eigenvalue weighted by molar-refractivity contribution is -0.171. The van der Waals surface area contributed by atoms with Crippen LogP contribution in [0.25, 0.3) is 10.9 Å². The number of aromatic nitrogens is 1. The van der Waals surface area contributed by atoms with E-state index in [0.717, 1.165) is 27.1 Å². The first-order valence-electron chi connectivity index (χ1n) is 8.48. The number of aryl methyl sites for hydroxylation is 1. The lowest BCUT2D eigenvalue weighted by Gasteiger charge is -2.25. The molecule has 2 N–H and O–H groups in total. The minimum atomic E-state index is -0.811. The maximum absolute atomic E-state index is 12.6. The zero-order valence-electron chi connectivity index (χ0n) is 16.2. The van der Waals surface area contributed by atoms with Crippen LogP contribution in [0.3, 0.4) is 0 Å². The molecule has 0 spiro atoms. The molecule has 1 heterocycles. The first-order valence-corrected chi connectivity index (χ1v) is 8.48. The fourth-order valence-corrected chi connectivity index (χ4v) is 2.64. The van der Waals surface area contributed by atoms with Gasteiger partial charge in [-0.05, 0) is 45.4 Å². The predicted molar refractivity (Wildman–Crippen MR) is 99.7 cm³/mol. The molecule has 0 aliphatic carbocycles. The number of hydrogen-bond acceptors (Lipinski definition) is 4. The van der Waals surface area contributed by atoms with E-state index in [1.54, 1.807) is 20.8 Å². The average molecular weight is 361 g/mol. The number of nitrogens with zero attached hydrogens (tertiary/aromatic N) is 1. The van der Waals surface area contributed by atoms with Crippen molar-refractivity contribution in [3.63, 3.8) is 0 Å². The number of amides is 2. The number of likely N-dealkylation sites (N-methyl/N-ethyl adjacent to an activating group) is 1. The van der Waals surface area contributed by atoms with Crippen LogP contribution < -0.4 is 5.32 Å². The number of H-pyrrole nitrogens is 1. The van der Waals surface area contributed by atoms with E-state index in [0.29, 0.717) is 6.42 Å². The van der Waals surface area contributed by atoms with Gasteiger partial charge in [0.05, 0.1) is 7.11 Å². The zero-order valence-corrected chi connectivity index (χ0v) is 16.2. The van der Waals surface area contributed by atoms with Crippen molar-refractivity contribution in [2.24, 2.45) is 0 Å². The van der Waals surface area contributed by atoms with Crippen LogP contribution in [0.15, 0.2) is 24.4 Å². The third kappa shape index (κ3) is 4.98. The Morgan fingerprint density at radius 3 is 2.62 bits per heavy atom. The van der Waals surface area contributed by atoms with Gasteiger partial charge in [0, 0.05) is 30.6 Å². The third-order valence-electron chi connectivity index (χ3n) is 3.92. The summed E-state index contributed by atoms with van der Waals surface area (Å²) in [6, 6.07) is 5.25. The highest BCUT2D eigenvalue weighted by Gasteiger charge is 2.28. The molecule has 2 rings (SSSR count). The molecule has 7 heteroatoms. The second-order valence-corrected chi connectivity index (χ2v) is 7.28. The summed E-state index contributed by atoms with van der Waals surface area (Å²) in [6.45, 7) is 7.32. The van der Waals surface area contributed by atoms with Gasteiger partial charge in [-0.15, -0.1) is 0 Å². The van der Waals surface area contributed by atoms with Crippen LogP contribution in [0, 0.1) is 6.92 Å². The molecule has 1 atom stereocenters. The second kappa shape index (κ2) is 7.78. The Balaban J connectivity index is 2.26. The van der Waals surface area contributed by atoms with E-state index < -0.39 is 17.7 Å². The maximum atomic E-state index is 12.6. The molecular weight excluding hydrogens is 334 g/mol. The summed E-state index contributed by atoms with van der Waals surface area (Å²) in [5, 5.41) is 4.78. The van der Waals surface area contributed by atoms with Gasteiger partial charge in [0.25, 0.3) is 5.91 Å². The molecule has 1 unspecified atom stereocenters. The molecule has 26 heavy (non-hydrogen) atoms. The van der Waals surface area contributed by atoms with Gasteiger partial charge in [-0.25, -0.2) is 9.86 Å². The molecule has 2 amide bonds. The van der Waals surface area contributed by atoms with Crippen LogP contribution >= 0.6 is 0 Å². The van der Waals surface area contributed by atoms with Crippen LogP contribution in [0.4, 0.5) is 4.79 Å². The van der Waals surface area contributed by atoms with Gasteiger partial charge in [-0.2, -0.15) is 0 Å². The van der Waals surface area contributed by atoms with Gasteiger partial charge in [0.15, 0.2) is 0 Å². The third-order valence-corrected chi connectivity index (χ3v) is 3.92. The minimum Gasteiger partial charge on any atom is -0.444 e. The number of alkyl carbamates (subject to hydrolysis) is 1. The fourth-order valence-electron chi connectivity index (χ4n) is 2.64. The van der Waals surface area contributed by atoms with E-state index >= 15 is 0 Å². The number of rotatable bonds is 5. The van der Waals surface area contributed by atoms with Crippen LogP contribution in [-0.4, -0.2) is 47.8 Å². The summed E-state index contributed by atoms with van der Waals surface area (Å²) < 4.78 is 5.29. The quantitative estimate of drug-likeness (QED) is 0.802. The zero-order chi connectivity index (χ0) is 19.5. The monoisotopic (exact) mass is 361 g/mol. The van der Waals surface area contributed by atoms with Gasteiger partial charge < -0.3 is 15.0 Å². The average Bonchev–Trinajstić information content (AvgIpc) is 2.93. The number of aromatic amines is 1. The molecule has 1 aromatic carbocycles. The summed E-state index contributed by atoms with van der Waals surface area (Å²) in [5.41, 5.74) is 2.38. The Labute approximate surface area is 153 Å². The highest BCUT2D eigenvalue weighted by Crippen LogP contribution is 2.21. The summed E-state index contributed by atoms with van der Waals surface area (Å²) >= 11 is 0. The number of hydrogen-bond donors (Lipinski definition) is 2. The second-order valence-electron chi connectivity index (χ2n) is 7.28. The molecule has 0 radical (unpaired) electrons. The highest BCUT2D eigenvalue weighted by atomic mass is 16.7. The lowest BCUT2D eigenvalue weighted by Crippen LogP contribution is -2.49. The van der Waals surface area contributed by atoms with Crippen molar-refractivity contribution < 1.29 is 19.2 Å². The first kappa shape index (κ1) is 19.8. The van der Waals surface area contributed by atoms with Crippen molar-refractivity contribution in [1.82, 2.24) is 15.4 Å². The lowest BCUT2D eigenvalue weighted by atomic mass is 10.0. The van der Waals surface area contributed by atoms with E-state index in [4.69, 9.17) is 9.57 Å². The molecule has 2 aromatic rings. The number of hydroxylamine groups is 2. The van der Waals surface area contributed by atoms with Crippen LogP contribution in [-0.2, 0) is 20.8 Å². The van der Waals surface area contributed by atoms with Gasteiger partial charge in [0.2, 0.25) is 0 Å². The van der Waals surface area contributed by atoms with E-state index in [2.05, 4.69) is 16.4 Å². The molecular formula is C19H27N3O4. The first-order chi connectivity index (χ1) is 12.1. The topological polar surface area (TPSA) is 83.7 Å². The summed E-state index contributed by atoms with van der Waals surface area (Å²) in [4.78, 5) is 33.0. The minimum absolute atomic E-state index is 0.315. The number of fused-ring (bicyclic) bond motifs is 1. The summed E-state index contributed by atoms with van der Waals surface area (Å²) in [7, 11) is 2.91. The van der Waals surface area contributed by atoms with Gasteiger partial charge in [0.1, 0.15) is 11.6 Å². The van der Waals surface area contributed by atoms with E-state index in [-0.39, 0.29) is 5.91 Å². The summed E-state index contributed by atoms with van der Waals surface area (Å²) in [5.74, 6) is -0.361. The van der Waals surface area contributed by atoms with Crippen molar-refractivity contribution in [1.29, 1.82) is 0 Å². The fraction of sp³-hybridized carbons (Fsp3) is 0.474. The Bertz CT molecular complexity index is 792. The Hall–Kier alpha value is -2.54. The largest absolute Gasteiger partial charge is 0.444 e.